The summed E-state index contributed by atoms with van der Waals surface area (Å²) in [4.78, 5) is 26.8. The zero-order valence-corrected chi connectivity index (χ0v) is 10.9. The number of aromatic amines is 1. The maximum Gasteiger partial charge on any atom is 0.431 e. The van der Waals surface area contributed by atoms with Crippen molar-refractivity contribution in [2.45, 2.75) is 6.18 Å². The van der Waals surface area contributed by atoms with Gasteiger partial charge in [0, 0.05) is 0 Å². The fourth-order valence-electron chi connectivity index (χ4n) is 1.63. The Labute approximate surface area is 121 Å². The van der Waals surface area contributed by atoms with Gasteiger partial charge in [-0.15, -0.1) is 0 Å². The van der Waals surface area contributed by atoms with Gasteiger partial charge in [-0.05, 0) is 29.8 Å². The summed E-state index contributed by atoms with van der Waals surface area (Å²) in [6.07, 6.45) is -2.01. The molecular formula is C14H9F3N2O3. The number of nitrogens with one attached hydrogen (secondary N) is 1. The van der Waals surface area contributed by atoms with Crippen molar-refractivity contribution in [1.82, 2.24) is 9.97 Å². The van der Waals surface area contributed by atoms with Gasteiger partial charge in [0.05, 0.1) is 11.3 Å². The summed E-state index contributed by atoms with van der Waals surface area (Å²) in [6, 6.07) is 6.39. The highest BCUT2D eigenvalue weighted by atomic mass is 19.4. The lowest BCUT2D eigenvalue weighted by Crippen LogP contribution is -2.19. The average Bonchev–Trinajstić information content (AvgIpc) is 2.44. The third kappa shape index (κ3) is 3.81. The Morgan fingerprint density at radius 1 is 1.18 bits per heavy atom. The van der Waals surface area contributed by atoms with E-state index in [-0.39, 0.29) is 11.3 Å². The molecule has 1 heterocycles. The fraction of sp³-hybridized carbons (Fsp3) is 0.0714. The molecule has 2 rings (SSSR count). The molecule has 0 aliphatic heterocycles. The number of alkyl halides is 3. The first-order valence-corrected chi connectivity index (χ1v) is 5.96. The lowest BCUT2D eigenvalue weighted by atomic mass is 10.1. The van der Waals surface area contributed by atoms with Crippen LogP contribution >= 0.6 is 0 Å². The average molecular weight is 310 g/mol. The summed E-state index contributed by atoms with van der Waals surface area (Å²) in [7, 11) is 0. The van der Waals surface area contributed by atoms with Gasteiger partial charge in [0.25, 0.3) is 0 Å². The third-order valence-corrected chi connectivity index (χ3v) is 2.67. The van der Waals surface area contributed by atoms with Crippen LogP contribution in [0.25, 0.3) is 12.2 Å². The minimum Gasteiger partial charge on any atom is -0.478 e. The second-order valence-corrected chi connectivity index (χ2v) is 4.28. The third-order valence-electron chi connectivity index (χ3n) is 2.67. The summed E-state index contributed by atoms with van der Waals surface area (Å²) in [5.41, 5.74) is -1.80. The van der Waals surface area contributed by atoms with E-state index in [2.05, 4.69) is 4.98 Å². The SMILES string of the molecule is O=C(O)c1ccc(C=Cc2cc(C(F)(F)F)[nH]c(=O)n2)cc1. The summed E-state index contributed by atoms with van der Waals surface area (Å²) in [5, 5.41) is 8.75. The number of H-pyrrole nitrogens is 1. The highest BCUT2D eigenvalue weighted by Gasteiger charge is 2.32. The van der Waals surface area contributed by atoms with Crippen molar-refractivity contribution in [3.8, 4) is 0 Å². The lowest BCUT2D eigenvalue weighted by molar-refractivity contribution is -0.141. The molecule has 0 saturated carbocycles. The Bertz CT molecular complexity index is 777. The topological polar surface area (TPSA) is 83.0 Å². The van der Waals surface area contributed by atoms with Crippen LogP contribution in [0.5, 0.6) is 0 Å². The van der Waals surface area contributed by atoms with E-state index in [0.29, 0.717) is 11.6 Å². The molecule has 8 heteroatoms. The quantitative estimate of drug-likeness (QED) is 0.913. The minimum absolute atomic E-state index is 0.0887. The molecule has 5 nitrogen and oxygen atoms in total. The number of rotatable bonds is 3. The molecule has 1 aromatic heterocycles. The van der Waals surface area contributed by atoms with Gasteiger partial charge in [-0.1, -0.05) is 18.2 Å². The Morgan fingerprint density at radius 2 is 1.82 bits per heavy atom. The zero-order chi connectivity index (χ0) is 16.3. The molecular weight excluding hydrogens is 301 g/mol. The number of hydrogen-bond donors (Lipinski definition) is 2. The van der Waals surface area contributed by atoms with Crippen LogP contribution in [0.2, 0.25) is 0 Å². The van der Waals surface area contributed by atoms with Crippen molar-refractivity contribution < 1.29 is 23.1 Å². The van der Waals surface area contributed by atoms with Crippen LogP contribution in [0.3, 0.4) is 0 Å². The Hall–Kier alpha value is -2.90. The Kier molecular flexibility index (Phi) is 4.11. The summed E-state index contributed by atoms with van der Waals surface area (Å²) in [6.45, 7) is 0. The van der Waals surface area contributed by atoms with Crippen molar-refractivity contribution in [2.24, 2.45) is 0 Å². The number of carboxylic acid groups (broad SMARTS) is 1. The molecule has 2 N–H and O–H groups in total. The van der Waals surface area contributed by atoms with Crippen molar-refractivity contribution in [2.75, 3.05) is 0 Å². The maximum atomic E-state index is 12.6. The molecule has 0 atom stereocenters. The van der Waals surface area contributed by atoms with Gasteiger partial charge in [0.2, 0.25) is 0 Å². The van der Waals surface area contributed by atoms with Gasteiger partial charge in [0.15, 0.2) is 0 Å². The van der Waals surface area contributed by atoms with Crippen molar-refractivity contribution in [3.63, 3.8) is 0 Å². The highest BCUT2D eigenvalue weighted by molar-refractivity contribution is 5.88. The normalized spacial score (nSPS) is 11.8. The molecule has 2 aromatic rings. The van der Waals surface area contributed by atoms with E-state index in [1.165, 1.54) is 36.4 Å². The Morgan fingerprint density at radius 3 is 2.36 bits per heavy atom. The lowest BCUT2D eigenvalue weighted by Gasteiger charge is -2.05. The number of benzene rings is 1. The second-order valence-electron chi connectivity index (χ2n) is 4.28. The monoisotopic (exact) mass is 310 g/mol. The molecule has 22 heavy (non-hydrogen) atoms. The van der Waals surface area contributed by atoms with E-state index in [4.69, 9.17) is 5.11 Å². The first-order chi connectivity index (χ1) is 10.3. The largest absolute Gasteiger partial charge is 0.478 e. The van der Waals surface area contributed by atoms with Gasteiger partial charge < -0.3 is 10.1 Å². The smallest absolute Gasteiger partial charge is 0.431 e. The number of aromatic carboxylic acids is 1. The molecule has 0 fully saturated rings. The predicted molar refractivity (Wildman–Crippen MR) is 72.2 cm³/mol. The standard InChI is InChI=1S/C14H9F3N2O3/c15-14(16,17)11-7-10(18-13(22)19-11)6-3-8-1-4-9(5-2-8)12(20)21/h1-7H,(H,20,21)(H,18,19,22). The first kappa shape index (κ1) is 15.5. The van der Waals surface area contributed by atoms with Crippen LogP contribution in [-0.2, 0) is 6.18 Å². The number of hydrogen-bond acceptors (Lipinski definition) is 3. The van der Waals surface area contributed by atoms with Crippen LogP contribution < -0.4 is 5.69 Å². The van der Waals surface area contributed by atoms with Gasteiger partial charge in [0.1, 0.15) is 5.69 Å². The molecule has 0 amide bonds. The highest BCUT2D eigenvalue weighted by Crippen LogP contribution is 2.27. The first-order valence-electron chi connectivity index (χ1n) is 5.96. The molecule has 1 aromatic carbocycles. The van der Waals surface area contributed by atoms with E-state index >= 15 is 0 Å². The van der Waals surface area contributed by atoms with Crippen molar-refractivity contribution >= 4 is 18.1 Å². The number of carboxylic acids is 1. The van der Waals surface area contributed by atoms with Crippen LogP contribution in [0, 0.1) is 0 Å². The number of aromatic nitrogens is 2. The van der Waals surface area contributed by atoms with E-state index < -0.39 is 23.5 Å². The van der Waals surface area contributed by atoms with Gasteiger partial charge in [-0.3, -0.25) is 0 Å². The van der Waals surface area contributed by atoms with Crippen LogP contribution in [0.15, 0.2) is 35.1 Å². The molecule has 114 valence electrons. The predicted octanol–water partition coefficient (Wildman–Crippen LogP) is 2.66. The number of nitrogens with zero attached hydrogens (tertiary/aromatic N) is 1. The van der Waals surface area contributed by atoms with Crippen LogP contribution in [0.4, 0.5) is 13.2 Å². The van der Waals surface area contributed by atoms with Gasteiger partial charge >= 0.3 is 17.8 Å². The van der Waals surface area contributed by atoms with Gasteiger partial charge in [-0.2, -0.15) is 18.2 Å². The Balaban J connectivity index is 2.28. The minimum atomic E-state index is -4.67. The summed E-state index contributed by atoms with van der Waals surface area (Å²) < 4.78 is 37.7. The summed E-state index contributed by atoms with van der Waals surface area (Å²) >= 11 is 0. The van der Waals surface area contributed by atoms with Crippen molar-refractivity contribution in [1.29, 1.82) is 0 Å². The van der Waals surface area contributed by atoms with E-state index in [1.54, 1.807) is 4.98 Å². The molecule has 0 saturated heterocycles. The fourth-order valence-corrected chi connectivity index (χ4v) is 1.63. The van der Waals surface area contributed by atoms with Crippen LogP contribution in [-0.4, -0.2) is 21.0 Å². The molecule has 0 unspecified atom stereocenters. The van der Waals surface area contributed by atoms with Crippen LogP contribution in [0.1, 0.15) is 27.3 Å². The second kappa shape index (κ2) is 5.84. The van der Waals surface area contributed by atoms with Crippen molar-refractivity contribution in [3.05, 3.63) is 63.3 Å². The zero-order valence-electron chi connectivity index (χ0n) is 10.9. The molecule has 0 aliphatic carbocycles. The molecule has 0 bridgehead atoms. The number of halogens is 3. The number of carbonyl (C=O) groups is 1. The van der Waals surface area contributed by atoms with E-state index in [1.807, 2.05) is 0 Å². The molecule has 0 aliphatic rings. The summed E-state index contributed by atoms with van der Waals surface area (Å²) in [5.74, 6) is -1.08. The molecule has 0 radical (unpaired) electrons. The van der Waals surface area contributed by atoms with E-state index in [9.17, 15) is 22.8 Å². The maximum absolute atomic E-state index is 12.6. The van der Waals surface area contributed by atoms with Gasteiger partial charge in [-0.25, -0.2) is 9.59 Å². The molecule has 0 spiro atoms. The van der Waals surface area contributed by atoms with E-state index in [0.717, 1.165) is 0 Å².